The molecule has 1 saturated heterocycles. The Bertz CT molecular complexity index is 408. The third kappa shape index (κ3) is 2.25. The van der Waals surface area contributed by atoms with Crippen LogP contribution >= 0.6 is 0 Å². The van der Waals surface area contributed by atoms with Crippen LogP contribution in [0.4, 0.5) is 0 Å². The van der Waals surface area contributed by atoms with Gasteiger partial charge in [0.15, 0.2) is 0 Å². The average Bonchev–Trinajstić information content (AvgIpc) is 2.83. The van der Waals surface area contributed by atoms with E-state index in [1.54, 1.807) is 18.3 Å². The van der Waals surface area contributed by atoms with Crippen LogP contribution in [0.5, 0.6) is 0 Å². The second-order valence-corrected chi connectivity index (χ2v) is 4.91. The Morgan fingerprint density at radius 1 is 1.56 bits per heavy atom. The summed E-state index contributed by atoms with van der Waals surface area (Å²) in [6, 6.07) is 5.34. The fraction of sp³-hybridized carbons (Fsp3) is 0.571. The molecule has 2 heterocycles. The lowest BCUT2D eigenvalue weighted by Crippen LogP contribution is -2.50. The van der Waals surface area contributed by atoms with Gasteiger partial charge in [-0.2, -0.15) is 0 Å². The molecule has 0 aromatic carbocycles. The summed E-state index contributed by atoms with van der Waals surface area (Å²) in [6.45, 7) is 2.84. The maximum absolute atomic E-state index is 12.4. The molecule has 1 aliphatic rings. The molecule has 0 spiro atoms. The molecule has 1 fully saturated rings. The summed E-state index contributed by atoms with van der Waals surface area (Å²) < 4.78 is 0. The Hall–Kier alpha value is -1.42. The Morgan fingerprint density at radius 3 is 3.00 bits per heavy atom. The first-order chi connectivity index (χ1) is 8.73. The minimum atomic E-state index is -0.372. The van der Waals surface area contributed by atoms with Gasteiger partial charge < -0.3 is 10.0 Å². The summed E-state index contributed by atoms with van der Waals surface area (Å²) in [5.74, 6) is -0.0596. The van der Waals surface area contributed by atoms with Crippen molar-refractivity contribution in [3.63, 3.8) is 0 Å². The molecule has 1 unspecified atom stereocenters. The van der Waals surface area contributed by atoms with Crippen LogP contribution in [-0.2, 0) is 0 Å². The van der Waals surface area contributed by atoms with Gasteiger partial charge >= 0.3 is 0 Å². The van der Waals surface area contributed by atoms with Gasteiger partial charge in [0, 0.05) is 12.7 Å². The van der Waals surface area contributed by atoms with E-state index in [1.807, 2.05) is 11.0 Å². The molecule has 4 nitrogen and oxygen atoms in total. The van der Waals surface area contributed by atoms with Crippen molar-refractivity contribution in [1.29, 1.82) is 0 Å². The number of likely N-dealkylation sites (tertiary alicyclic amines) is 1. The van der Waals surface area contributed by atoms with Gasteiger partial charge in [-0.1, -0.05) is 19.4 Å². The molecule has 0 saturated carbocycles. The van der Waals surface area contributed by atoms with Crippen molar-refractivity contribution < 1.29 is 9.90 Å². The number of aliphatic hydroxyl groups is 1. The monoisotopic (exact) mass is 248 g/mol. The number of amides is 1. The Morgan fingerprint density at radius 2 is 2.39 bits per heavy atom. The third-order valence-corrected chi connectivity index (χ3v) is 3.74. The van der Waals surface area contributed by atoms with Crippen LogP contribution < -0.4 is 0 Å². The molecule has 2 rings (SSSR count). The Balaban J connectivity index is 2.24. The van der Waals surface area contributed by atoms with Gasteiger partial charge in [-0.25, -0.2) is 0 Å². The standard InChI is InChI=1S/C14H20N2O2/c1-2-7-14(11-17)8-5-10-16(14)13(18)12-6-3-4-9-15-12/h3-4,6,9,17H,2,5,7-8,10-11H2,1H3. The van der Waals surface area contributed by atoms with E-state index in [0.29, 0.717) is 5.69 Å². The molecule has 0 radical (unpaired) electrons. The van der Waals surface area contributed by atoms with E-state index < -0.39 is 0 Å². The average molecular weight is 248 g/mol. The van der Waals surface area contributed by atoms with Crippen LogP contribution in [0.25, 0.3) is 0 Å². The SMILES string of the molecule is CCCC1(CO)CCCN1C(=O)c1ccccn1. The fourth-order valence-electron chi connectivity index (χ4n) is 2.85. The van der Waals surface area contributed by atoms with Gasteiger partial charge in [0.1, 0.15) is 5.69 Å². The molecule has 0 aliphatic carbocycles. The van der Waals surface area contributed by atoms with Crippen LogP contribution in [0.15, 0.2) is 24.4 Å². The van der Waals surface area contributed by atoms with Crippen molar-refractivity contribution in [2.75, 3.05) is 13.2 Å². The molecule has 18 heavy (non-hydrogen) atoms. The maximum atomic E-state index is 12.4. The highest BCUT2D eigenvalue weighted by molar-refractivity contribution is 5.93. The molecular weight excluding hydrogens is 228 g/mol. The molecule has 0 bridgehead atoms. The number of hydrogen-bond acceptors (Lipinski definition) is 3. The Labute approximate surface area is 108 Å². The summed E-state index contributed by atoms with van der Waals surface area (Å²) >= 11 is 0. The van der Waals surface area contributed by atoms with Gasteiger partial charge in [0.25, 0.3) is 5.91 Å². The first kappa shape index (κ1) is 13.0. The maximum Gasteiger partial charge on any atom is 0.272 e. The predicted octanol–water partition coefficient (Wildman–Crippen LogP) is 1.85. The van der Waals surface area contributed by atoms with Crippen molar-refractivity contribution in [1.82, 2.24) is 9.88 Å². The first-order valence-corrected chi connectivity index (χ1v) is 6.57. The van der Waals surface area contributed by atoms with Crippen molar-refractivity contribution in [2.45, 2.75) is 38.1 Å². The third-order valence-electron chi connectivity index (χ3n) is 3.74. The van der Waals surface area contributed by atoms with Crippen LogP contribution in [0.2, 0.25) is 0 Å². The van der Waals surface area contributed by atoms with Crippen LogP contribution in [-0.4, -0.2) is 39.6 Å². The van der Waals surface area contributed by atoms with Gasteiger partial charge in [0.05, 0.1) is 12.1 Å². The zero-order valence-electron chi connectivity index (χ0n) is 10.8. The van der Waals surface area contributed by atoms with Gasteiger partial charge in [-0.05, 0) is 31.4 Å². The van der Waals surface area contributed by atoms with Crippen LogP contribution in [0, 0.1) is 0 Å². The quantitative estimate of drug-likeness (QED) is 0.884. The number of rotatable bonds is 4. The molecule has 1 N–H and O–H groups in total. The summed E-state index contributed by atoms with van der Waals surface area (Å²) in [4.78, 5) is 18.4. The highest BCUT2D eigenvalue weighted by atomic mass is 16.3. The summed E-state index contributed by atoms with van der Waals surface area (Å²) in [6.07, 6.45) is 5.29. The van der Waals surface area contributed by atoms with E-state index in [2.05, 4.69) is 11.9 Å². The molecule has 1 atom stereocenters. The van der Waals surface area contributed by atoms with E-state index >= 15 is 0 Å². The summed E-state index contributed by atoms with van der Waals surface area (Å²) in [5, 5.41) is 9.70. The fourth-order valence-corrected chi connectivity index (χ4v) is 2.85. The van der Waals surface area contributed by atoms with E-state index in [0.717, 1.165) is 32.2 Å². The lowest BCUT2D eigenvalue weighted by molar-refractivity contribution is 0.0372. The highest BCUT2D eigenvalue weighted by Gasteiger charge is 2.42. The number of pyridine rings is 1. The number of aromatic nitrogens is 1. The number of aliphatic hydroxyl groups excluding tert-OH is 1. The lowest BCUT2D eigenvalue weighted by Gasteiger charge is -2.36. The van der Waals surface area contributed by atoms with Crippen molar-refractivity contribution in [3.8, 4) is 0 Å². The molecule has 1 aromatic heterocycles. The van der Waals surface area contributed by atoms with Crippen LogP contribution in [0.3, 0.4) is 0 Å². The van der Waals surface area contributed by atoms with E-state index in [9.17, 15) is 9.90 Å². The first-order valence-electron chi connectivity index (χ1n) is 6.57. The molecule has 98 valence electrons. The van der Waals surface area contributed by atoms with E-state index in [4.69, 9.17) is 0 Å². The zero-order chi connectivity index (χ0) is 13.0. The van der Waals surface area contributed by atoms with Gasteiger partial charge in [-0.3, -0.25) is 9.78 Å². The highest BCUT2D eigenvalue weighted by Crippen LogP contribution is 2.34. The Kier molecular flexibility index (Phi) is 3.97. The van der Waals surface area contributed by atoms with Gasteiger partial charge in [-0.15, -0.1) is 0 Å². The minimum absolute atomic E-state index is 0.0411. The molecule has 4 heteroatoms. The van der Waals surface area contributed by atoms with Gasteiger partial charge in [0.2, 0.25) is 0 Å². The largest absolute Gasteiger partial charge is 0.394 e. The van der Waals surface area contributed by atoms with E-state index in [-0.39, 0.29) is 18.1 Å². The normalized spacial score (nSPS) is 23.3. The zero-order valence-corrected chi connectivity index (χ0v) is 10.8. The molecule has 1 aliphatic heterocycles. The number of carbonyl (C=O) groups excluding carboxylic acids is 1. The number of hydrogen-bond donors (Lipinski definition) is 1. The number of nitrogens with zero attached hydrogens (tertiary/aromatic N) is 2. The van der Waals surface area contributed by atoms with Crippen molar-refractivity contribution in [3.05, 3.63) is 30.1 Å². The smallest absolute Gasteiger partial charge is 0.272 e. The summed E-state index contributed by atoms with van der Waals surface area (Å²) in [7, 11) is 0. The molecule has 1 aromatic rings. The lowest BCUT2D eigenvalue weighted by atomic mass is 9.91. The summed E-state index contributed by atoms with van der Waals surface area (Å²) in [5.41, 5.74) is 0.0944. The van der Waals surface area contributed by atoms with Crippen molar-refractivity contribution in [2.24, 2.45) is 0 Å². The second-order valence-electron chi connectivity index (χ2n) is 4.91. The molecular formula is C14H20N2O2. The number of carbonyl (C=O) groups is 1. The second kappa shape index (κ2) is 5.48. The van der Waals surface area contributed by atoms with Crippen LogP contribution in [0.1, 0.15) is 43.1 Å². The minimum Gasteiger partial charge on any atom is -0.394 e. The predicted molar refractivity (Wildman–Crippen MR) is 69.2 cm³/mol. The van der Waals surface area contributed by atoms with Crippen molar-refractivity contribution >= 4 is 5.91 Å². The molecule has 1 amide bonds. The van der Waals surface area contributed by atoms with E-state index in [1.165, 1.54) is 0 Å². The topological polar surface area (TPSA) is 53.4 Å².